The second-order valence-electron chi connectivity index (χ2n) is 4.33. The first-order valence-corrected chi connectivity index (χ1v) is 5.61. The van der Waals surface area contributed by atoms with E-state index in [0.717, 1.165) is 38.8 Å². The molecule has 1 heterocycles. The molecule has 0 saturated carbocycles. The molecule has 0 spiro atoms. The van der Waals surface area contributed by atoms with Crippen LogP contribution in [0.4, 0.5) is 0 Å². The van der Waals surface area contributed by atoms with E-state index in [1.807, 2.05) is 0 Å². The zero-order valence-electron chi connectivity index (χ0n) is 9.04. The maximum atomic E-state index is 10.9. The summed E-state index contributed by atoms with van der Waals surface area (Å²) in [5, 5.41) is 8.97. The minimum absolute atomic E-state index is 0.0958. The average molecular weight is 199 g/mol. The summed E-state index contributed by atoms with van der Waals surface area (Å²) < 4.78 is 0. The van der Waals surface area contributed by atoms with Gasteiger partial charge in [0.1, 0.15) is 0 Å². The van der Waals surface area contributed by atoms with Crippen LogP contribution in [0.25, 0.3) is 0 Å². The van der Waals surface area contributed by atoms with E-state index in [2.05, 4.69) is 11.9 Å². The molecule has 1 unspecified atom stereocenters. The van der Waals surface area contributed by atoms with Crippen molar-refractivity contribution in [2.24, 2.45) is 5.92 Å². The number of rotatable bonds is 1. The third kappa shape index (κ3) is 4.09. The Kier molecular flexibility index (Phi) is 4.94. The van der Waals surface area contributed by atoms with Crippen molar-refractivity contribution in [1.29, 1.82) is 0 Å². The van der Waals surface area contributed by atoms with Crippen LogP contribution in [0.3, 0.4) is 0 Å². The Balaban J connectivity index is 2.37. The second-order valence-corrected chi connectivity index (χ2v) is 4.33. The highest BCUT2D eigenvalue weighted by molar-refractivity contribution is 5.69. The molecule has 1 N–H and O–H groups in total. The van der Waals surface area contributed by atoms with E-state index in [-0.39, 0.29) is 5.92 Å². The summed E-state index contributed by atoms with van der Waals surface area (Å²) in [6, 6.07) is 0. The largest absolute Gasteiger partial charge is 0.481 e. The van der Waals surface area contributed by atoms with E-state index in [4.69, 9.17) is 5.11 Å². The van der Waals surface area contributed by atoms with Crippen molar-refractivity contribution in [2.75, 3.05) is 20.1 Å². The summed E-state index contributed by atoms with van der Waals surface area (Å²) in [6.45, 7) is 2.21. The lowest BCUT2D eigenvalue weighted by Gasteiger charge is -2.20. The van der Waals surface area contributed by atoms with Crippen molar-refractivity contribution in [3.8, 4) is 0 Å². The van der Waals surface area contributed by atoms with Gasteiger partial charge in [0.15, 0.2) is 0 Å². The Morgan fingerprint density at radius 2 is 1.79 bits per heavy atom. The molecule has 0 aromatic carbocycles. The summed E-state index contributed by atoms with van der Waals surface area (Å²) in [6.07, 6.45) is 6.20. The highest BCUT2D eigenvalue weighted by atomic mass is 16.4. The van der Waals surface area contributed by atoms with Gasteiger partial charge < -0.3 is 10.0 Å². The van der Waals surface area contributed by atoms with Gasteiger partial charge in [0.05, 0.1) is 5.92 Å². The van der Waals surface area contributed by atoms with Gasteiger partial charge in [-0.1, -0.05) is 12.8 Å². The summed E-state index contributed by atoms with van der Waals surface area (Å²) in [5.74, 6) is -0.699. The Morgan fingerprint density at radius 3 is 2.50 bits per heavy atom. The maximum absolute atomic E-state index is 10.9. The Hall–Kier alpha value is -0.570. The van der Waals surface area contributed by atoms with Crippen molar-refractivity contribution in [1.82, 2.24) is 4.90 Å². The molecular weight excluding hydrogens is 178 g/mol. The van der Waals surface area contributed by atoms with Gasteiger partial charge in [-0.3, -0.25) is 4.79 Å². The van der Waals surface area contributed by atoms with E-state index in [1.165, 1.54) is 12.8 Å². The van der Waals surface area contributed by atoms with Crippen LogP contribution in [0, 0.1) is 5.92 Å². The van der Waals surface area contributed by atoms with E-state index < -0.39 is 5.97 Å². The molecule has 0 bridgehead atoms. The maximum Gasteiger partial charge on any atom is 0.306 e. The average Bonchev–Trinajstić information content (AvgIpc) is 2.15. The van der Waals surface area contributed by atoms with Gasteiger partial charge in [-0.2, -0.15) is 0 Å². The van der Waals surface area contributed by atoms with Crippen LogP contribution in [0.1, 0.15) is 38.5 Å². The molecular formula is C11H21NO2. The second kappa shape index (κ2) is 6.02. The topological polar surface area (TPSA) is 40.5 Å². The number of hydrogen-bond acceptors (Lipinski definition) is 2. The minimum atomic E-state index is -0.603. The van der Waals surface area contributed by atoms with Crippen LogP contribution < -0.4 is 0 Å². The molecule has 1 aliphatic heterocycles. The van der Waals surface area contributed by atoms with Crippen LogP contribution in [0.5, 0.6) is 0 Å². The van der Waals surface area contributed by atoms with E-state index >= 15 is 0 Å². The minimum Gasteiger partial charge on any atom is -0.481 e. The highest BCUT2D eigenvalue weighted by Crippen LogP contribution is 2.17. The number of aliphatic carboxylic acids is 1. The van der Waals surface area contributed by atoms with E-state index in [1.54, 1.807) is 0 Å². The molecule has 1 rings (SSSR count). The zero-order chi connectivity index (χ0) is 10.4. The van der Waals surface area contributed by atoms with Crippen LogP contribution in [0.2, 0.25) is 0 Å². The Morgan fingerprint density at radius 1 is 1.14 bits per heavy atom. The van der Waals surface area contributed by atoms with Gasteiger partial charge in [0.25, 0.3) is 0 Å². The monoisotopic (exact) mass is 199 g/mol. The van der Waals surface area contributed by atoms with Crippen LogP contribution in [-0.2, 0) is 4.79 Å². The molecule has 82 valence electrons. The van der Waals surface area contributed by atoms with Crippen molar-refractivity contribution in [3.05, 3.63) is 0 Å². The fraction of sp³-hybridized carbons (Fsp3) is 0.909. The first-order valence-electron chi connectivity index (χ1n) is 5.61. The molecule has 1 atom stereocenters. The number of carbonyl (C=O) groups is 1. The fourth-order valence-corrected chi connectivity index (χ4v) is 2.06. The van der Waals surface area contributed by atoms with Crippen molar-refractivity contribution in [3.63, 3.8) is 0 Å². The van der Waals surface area contributed by atoms with E-state index in [9.17, 15) is 4.79 Å². The van der Waals surface area contributed by atoms with Gasteiger partial charge in [-0.15, -0.1) is 0 Å². The van der Waals surface area contributed by atoms with E-state index in [0.29, 0.717) is 0 Å². The third-order valence-electron chi connectivity index (χ3n) is 3.03. The van der Waals surface area contributed by atoms with Crippen LogP contribution >= 0.6 is 0 Å². The Labute approximate surface area is 86.1 Å². The standard InChI is InChI=1S/C11H21NO2/c1-12-8-4-2-3-6-10(11(13)14)7-5-9-12/h10H,2-9H2,1H3,(H,13,14). The van der Waals surface area contributed by atoms with Gasteiger partial charge in [-0.25, -0.2) is 0 Å². The summed E-state index contributed by atoms with van der Waals surface area (Å²) in [5.41, 5.74) is 0. The smallest absolute Gasteiger partial charge is 0.306 e. The van der Waals surface area contributed by atoms with Crippen molar-refractivity contribution >= 4 is 5.97 Å². The number of nitrogens with zero attached hydrogens (tertiary/aromatic N) is 1. The van der Waals surface area contributed by atoms with Crippen LogP contribution in [0.15, 0.2) is 0 Å². The molecule has 0 aromatic rings. The highest BCUT2D eigenvalue weighted by Gasteiger charge is 2.17. The third-order valence-corrected chi connectivity index (χ3v) is 3.03. The van der Waals surface area contributed by atoms with Gasteiger partial charge >= 0.3 is 5.97 Å². The molecule has 3 nitrogen and oxygen atoms in total. The van der Waals surface area contributed by atoms with Gasteiger partial charge in [0, 0.05) is 0 Å². The molecule has 0 radical (unpaired) electrons. The molecule has 3 heteroatoms. The number of hydrogen-bond donors (Lipinski definition) is 1. The lowest BCUT2D eigenvalue weighted by molar-refractivity contribution is -0.142. The lowest BCUT2D eigenvalue weighted by Crippen LogP contribution is -2.24. The van der Waals surface area contributed by atoms with Crippen molar-refractivity contribution < 1.29 is 9.90 Å². The Bertz CT molecular complexity index is 182. The summed E-state index contributed by atoms with van der Waals surface area (Å²) >= 11 is 0. The summed E-state index contributed by atoms with van der Waals surface area (Å²) in [4.78, 5) is 13.2. The molecule has 1 aliphatic rings. The van der Waals surface area contributed by atoms with Gasteiger partial charge in [0.2, 0.25) is 0 Å². The van der Waals surface area contributed by atoms with Crippen LogP contribution in [-0.4, -0.2) is 36.1 Å². The molecule has 0 aromatic heterocycles. The normalized spacial score (nSPS) is 27.1. The molecule has 14 heavy (non-hydrogen) atoms. The lowest BCUT2D eigenvalue weighted by atomic mass is 9.95. The fourth-order valence-electron chi connectivity index (χ4n) is 2.06. The number of carboxylic acid groups (broad SMARTS) is 1. The molecule has 0 amide bonds. The quantitative estimate of drug-likeness (QED) is 0.702. The predicted octanol–water partition coefficient (Wildman–Crippen LogP) is 1.97. The predicted molar refractivity (Wildman–Crippen MR) is 56.3 cm³/mol. The zero-order valence-corrected chi connectivity index (χ0v) is 9.04. The molecule has 1 fully saturated rings. The first-order chi connectivity index (χ1) is 6.70. The first kappa shape index (κ1) is 11.5. The summed E-state index contributed by atoms with van der Waals surface area (Å²) in [7, 11) is 2.12. The van der Waals surface area contributed by atoms with Crippen molar-refractivity contribution in [2.45, 2.75) is 38.5 Å². The number of carboxylic acids is 1. The molecule has 0 aliphatic carbocycles. The van der Waals surface area contributed by atoms with Gasteiger partial charge in [-0.05, 0) is 45.8 Å². The molecule has 1 saturated heterocycles. The SMILES string of the molecule is CN1CCCCCC(C(=O)O)CCC1.